The van der Waals surface area contributed by atoms with Gasteiger partial charge < -0.3 is 5.32 Å². The van der Waals surface area contributed by atoms with Gasteiger partial charge in [-0.05, 0) is 55.3 Å². The summed E-state index contributed by atoms with van der Waals surface area (Å²) in [5.74, 6) is 0. The molecule has 1 nitrogen and oxygen atoms in total. The van der Waals surface area contributed by atoms with Crippen molar-refractivity contribution in [3.8, 4) is 0 Å². The molecule has 1 aliphatic rings. The largest absolute Gasteiger partial charge is 0.378 e. The van der Waals surface area contributed by atoms with Crippen molar-refractivity contribution >= 4 is 6.08 Å². The molecule has 2 aromatic carbocycles. The third kappa shape index (κ3) is 1.86. The SMILES string of the molecule is Cc1ccc(C)c(C2(C)NC=Cc3ccccc32)c1. The molecule has 2 aromatic rings. The average molecular weight is 249 g/mol. The topological polar surface area (TPSA) is 12.0 Å². The Bertz CT molecular complexity index is 654. The van der Waals surface area contributed by atoms with Gasteiger partial charge in [0.05, 0.1) is 5.54 Å². The maximum Gasteiger partial charge on any atom is 0.0854 e. The van der Waals surface area contributed by atoms with Crippen molar-refractivity contribution in [1.29, 1.82) is 0 Å². The molecule has 3 rings (SSSR count). The summed E-state index contributed by atoms with van der Waals surface area (Å²) in [6.45, 7) is 6.59. The third-order valence-electron chi connectivity index (χ3n) is 4.07. The standard InChI is InChI=1S/C18H19N/c1-13-8-9-14(2)17(12-13)18(3)16-7-5-4-6-15(16)10-11-19-18/h4-12,19H,1-3H3. The minimum Gasteiger partial charge on any atom is -0.378 e. The van der Waals surface area contributed by atoms with Crippen LogP contribution >= 0.6 is 0 Å². The summed E-state index contributed by atoms with van der Waals surface area (Å²) in [4.78, 5) is 0. The molecule has 1 unspecified atom stereocenters. The van der Waals surface area contributed by atoms with Crippen LogP contribution in [0.1, 0.15) is 34.7 Å². The van der Waals surface area contributed by atoms with Crippen LogP contribution in [-0.2, 0) is 5.54 Å². The smallest absolute Gasteiger partial charge is 0.0854 e. The first kappa shape index (κ1) is 12.0. The molecule has 1 N–H and O–H groups in total. The molecule has 0 amide bonds. The lowest BCUT2D eigenvalue weighted by Gasteiger charge is -2.36. The predicted molar refractivity (Wildman–Crippen MR) is 81.0 cm³/mol. The van der Waals surface area contributed by atoms with Crippen LogP contribution in [0.5, 0.6) is 0 Å². The van der Waals surface area contributed by atoms with E-state index >= 15 is 0 Å². The summed E-state index contributed by atoms with van der Waals surface area (Å²) in [5, 5.41) is 3.56. The minimum atomic E-state index is -0.151. The lowest BCUT2D eigenvalue weighted by molar-refractivity contribution is 0.500. The van der Waals surface area contributed by atoms with E-state index in [0.717, 1.165) is 0 Å². The number of fused-ring (bicyclic) bond motifs is 1. The molecule has 96 valence electrons. The van der Waals surface area contributed by atoms with E-state index in [4.69, 9.17) is 0 Å². The molecule has 0 bridgehead atoms. The Morgan fingerprint density at radius 1 is 0.947 bits per heavy atom. The first-order chi connectivity index (χ1) is 9.11. The van der Waals surface area contributed by atoms with Gasteiger partial charge in [0.15, 0.2) is 0 Å². The molecule has 1 aliphatic heterocycles. The van der Waals surface area contributed by atoms with Crippen molar-refractivity contribution in [3.63, 3.8) is 0 Å². The second kappa shape index (κ2) is 4.27. The first-order valence-corrected chi connectivity index (χ1v) is 6.73. The van der Waals surface area contributed by atoms with E-state index in [1.807, 2.05) is 0 Å². The van der Waals surface area contributed by atoms with Crippen LogP contribution in [0.25, 0.3) is 6.08 Å². The lowest BCUT2D eigenvalue weighted by atomic mass is 9.78. The number of hydrogen-bond acceptors (Lipinski definition) is 1. The molecule has 0 saturated heterocycles. The van der Waals surface area contributed by atoms with E-state index in [0.29, 0.717) is 0 Å². The Morgan fingerprint density at radius 2 is 1.74 bits per heavy atom. The molecule has 19 heavy (non-hydrogen) atoms. The Hall–Kier alpha value is -2.02. The van der Waals surface area contributed by atoms with Crippen LogP contribution in [0.4, 0.5) is 0 Å². The number of nitrogens with one attached hydrogen (secondary N) is 1. The number of rotatable bonds is 1. The highest BCUT2D eigenvalue weighted by Gasteiger charge is 2.32. The summed E-state index contributed by atoms with van der Waals surface area (Å²) in [5.41, 5.74) is 6.46. The van der Waals surface area contributed by atoms with E-state index in [-0.39, 0.29) is 5.54 Å². The second-order valence-electron chi connectivity index (χ2n) is 5.51. The second-order valence-corrected chi connectivity index (χ2v) is 5.51. The zero-order valence-electron chi connectivity index (χ0n) is 11.7. The molecular formula is C18H19N. The van der Waals surface area contributed by atoms with Crippen LogP contribution in [0.3, 0.4) is 0 Å². The fourth-order valence-electron chi connectivity index (χ4n) is 2.97. The summed E-state index contributed by atoms with van der Waals surface area (Å²) in [6.07, 6.45) is 4.20. The van der Waals surface area contributed by atoms with Crippen LogP contribution in [-0.4, -0.2) is 0 Å². The van der Waals surface area contributed by atoms with Crippen molar-refractivity contribution in [2.75, 3.05) is 0 Å². The normalized spacial score (nSPS) is 20.8. The molecular weight excluding hydrogens is 230 g/mol. The van der Waals surface area contributed by atoms with Gasteiger partial charge in [-0.15, -0.1) is 0 Å². The van der Waals surface area contributed by atoms with E-state index in [2.05, 4.69) is 80.8 Å². The van der Waals surface area contributed by atoms with Crippen LogP contribution < -0.4 is 5.32 Å². The van der Waals surface area contributed by atoms with E-state index in [9.17, 15) is 0 Å². The van der Waals surface area contributed by atoms with Gasteiger partial charge in [-0.25, -0.2) is 0 Å². The van der Waals surface area contributed by atoms with Crippen LogP contribution in [0, 0.1) is 13.8 Å². The van der Waals surface area contributed by atoms with Gasteiger partial charge in [-0.2, -0.15) is 0 Å². The van der Waals surface area contributed by atoms with Gasteiger partial charge in [0.25, 0.3) is 0 Å². The summed E-state index contributed by atoms with van der Waals surface area (Å²) >= 11 is 0. The fourth-order valence-corrected chi connectivity index (χ4v) is 2.97. The van der Waals surface area contributed by atoms with Gasteiger partial charge in [-0.1, -0.05) is 48.0 Å². The van der Waals surface area contributed by atoms with E-state index < -0.39 is 0 Å². The molecule has 0 aliphatic carbocycles. The Morgan fingerprint density at radius 3 is 2.58 bits per heavy atom. The zero-order valence-corrected chi connectivity index (χ0v) is 11.7. The summed E-state index contributed by atoms with van der Waals surface area (Å²) in [6, 6.07) is 15.3. The van der Waals surface area contributed by atoms with Gasteiger partial charge in [0, 0.05) is 0 Å². The van der Waals surface area contributed by atoms with Crippen molar-refractivity contribution < 1.29 is 0 Å². The molecule has 1 heteroatoms. The summed E-state index contributed by atoms with van der Waals surface area (Å²) < 4.78 is 0. The summed E-state index contributed by atoms with van der Waals surface area (Å²) in [7, 11) is 0. The quantitative estimate of drug-likeness (QED) is 0.801. The average Bonchev–Trinajstić information content (AvgIpc) is 2.42. The van der Waals surface area contributed by atoms with Gasteiger partial charge in [0.1, 0.15) is 0 Å². The highest BCUT2D eigenvalue weighted by molar-refractivity contribution is 5.61. The van der Waals surface area contributed by atoms with Crippen molar-refractivity contribution in [3.05, 3.63) is 76.5 Å². The Balaban J connectivity index is 2.24. The molecule has 0 radical (unpaired) electrons. The molecule has 0 fully saturated rings. The number of benzene rings is 2. The minimum absolute atomic E-state index is 0.151. The molecule has 0 aromatic heterocycles. The Labute approximate surface area is 115 Å². The molecule has 1 atom stereocenters. The fraction of sp³-hybridized carbons (Fsp3) is 0.222. The van der Waals surface area contributed by atoms with Crippen LogP contribution in [0.15, 0.2) is 48.7 Å². The first-order valence-electron chi connectivity index (χ1n) is 6.73. The van der Waals surface area contributed by atoms with Gasteiger partial charge in [-0.3, -0.25) is 0 Å². The van der Waals surface area contributed by atoms with E-state index in [1.54, 1.807) is 0 Å². The lowest BCUT2D eigenvalue weighted by Crippen LogP contribution is -2.40. The molecule has 1 heterocycles. The highest BCUT2D eigenvalue weighted by atomic mass is 15.0. The Kier molecular flexibility index (Phi) is 2.70. The maximum atomic E-state index is 3.56. The molecule has 0 saturated carbocycles. The van der Waals surface area contributed by atoms with E-state index in [1.165, 1.54) is 27.8 Å². The zero-order chi connectivity index (χ0) is 13.5. The highest BCUT2D eigenvalue weighted by Crippen LogP contribution is 2.36. The monoisotopic (exact) mass is 249 g/mol. The van der Waals surface area contributed by atoms with Crippen molar-refractivity contribution in [2.45, 2.75) is 26.3 Å². The molecule has 0 spiro atoms. The van der Waals surface area contributed by atoms with Gasteiger partial charge >= 0.3 is 0 Å². The number of hydrogen-bond donors (Lipinski definition) is 1. The van der Waals surface area contributed by atoms with Crippen molar-refractivity contribution in [1.82, 2.24) is 5.32 Å². The maximum absolute atomic E-state index is 3.56. The number of aryl methyl sites for hydroxylation is 2. The van der Waals surface area contributed by atoms with Gasteiger partial charge in [0.2, 0.25) is 0 Å². The van der Waals surface area contributed by atoms with Crippen molar-refractivity contribution in [2.24, 2.45) is 0 Å². The van der Waals surface area contributed by atoms with Crippen LogP contribution in [0.2, 0.25) is 0 Å². The third-order valence-corrected chi connectivity index (χ3v) is 4.07. The predicted octanol–water partition coefficient (Wildman–Crippen LogP) is 4.14.